The van der Waals surface area contributed by atoms with Crippen LogP contribution in [-0.4, -0.2) is 26.7 Å². The van der Waals surface area contributed by atoms with E-state index in [1.54, 1.807) is 24.4 Å². The zero-order valence-electron chi connectivity index (χ0n) is 17.6. The maximum atomic E-state index is 12.7. The van der Waals surface area contributed by atoms with Crippen LogP contribution in [0.5, 0.6) is 0 Å². The molecule has 2 aromatic heterocycles. The number of aromatic nitrogens is 3. The third-order valence-electron chi connectivity index (χ3n) is 5.68. The number of hydrogen-bond acceptors (Lipinski definition) is 3. The van der Waals surface area contributed by atoms with Gasteiger partial charge in [-0.25, -0.2) is 10.4 Å². The number of fused-ring (bicyclic) bond motifs is 2. The molecule has 0 fully saturated rings. The normalized spacial score (nSPS) is 11.6. The van der Waals surface area contributed by atoms with Gasteiger partial charge in [-0.15, -0.1) is 0 Å². The Morgan fingerprint density at radius 3 is 2.75 bits per heavy atom. The minimum atomic E-state index is -0.296. The lowest BCUT2D eigenvalue weighted by molar-refractivity contribution is 0.0955. The average Bonchev–Trinajstić information content (AvgIpc) is 3.33. The van der Waals surface area contributed by atoms with E-state index >= 15 is 0 Å². The number of hydrogen-bond donors (Lipinski definition) is 2. The van der Waals surface area contributed by atoms with Crippen molar-refractivity contribution in [1.29, 1.82) is 0 Å². The second kappa shape index (κ2) is 7.98. The number of benzene rings is 3. The molecule has 2 heterocycles. The summed E-state index contributed by atoms with van der Waals surface area (Å²) >= 11 is 6.28. The molecule has 0 bridgehead atoms. The highest BCUT2D eigenvalue weighted by Crippen LogP contribution is 2.27. The van der Waals surface area contributed by atoms with Crippen molar-refractivity contribution < 1.29 is 4.79 Å². The molecule has 0 spiro atoms. The molecule has 0 aliphatic carbocycles. The third kappa shape index (κ3) is 3.44. The van der Waals surface area contributed by atoms with Crippen LogP contribution in [-0.2, 0) is 7.05 Å². The first-order valence-corrected chi connectivity index (χ1v) is 10.5. The quantitative estimate of drug-likeness (QED) is 0.287. The van der Waals surface area contributed by atoms with Crippen LogP contribution in [0.4, 0.5) is 0 Å². The van der Waals surface area contributed by atoms with Crippen LogP contribution in [0.3, 0.4) is 0 Å². The number of nitrogens with zero attached hydrogens (tertiary/aromatic N) is 3. The third-order valence-corrected chi connectivity index (χ3v) is 6.01. The van der Waals surface area contributed by atoms with Crippen molar-refractivity contribution in [2.75, 3.05) is 0 Å². The van der Waals surface area contributed by atoms with Crippen molar-refractivity contribution in [3.63, 3.8) is 0 Å². The molecular weight excluding hydrogens is 422 g/mol. The number of nitrogens with one attached hydrogen (secondary N) is 2. The molecule has 5 rings (SSSR count). The number of rotatable bonds is 4. The van der Waals surface area contributed by atoms with Crippen LogP contribution in [0.15, 0.2) is 71.8 Å². The van der Waals surface area contributed by atoms with Crippen LogP contribution in [0.2, 0.25) is 5.02 Å². The van der Waals surface area contributed by atoms with E-state index in [1.807, 2.05) is 56.4 Å². The number of carbonyl (C=O) groups is 1. The van der Waals surface area contributed by atoms with E-state index < -0.39 is 0 Å². The highest BCUT2D eigenvalue weighted by molar-refractivity contribution is 6.33. The first-order chi connectivity index (χ1) is 15.5. The molecular formula is C25H20ClN5O. The smallest absolute Gasteiger partial charge is 0.271 e. The van der Waals surface area contributed by atoms with Gasteiger partial charge < -0.3 is 9.55 Å². The van der Waals surface area contributed by atoms with Gasteiger partial charge in [-0.2, -0.15) is 5.10 Å². The Balaban J connectivity index is 1.39. The van der Waals surface area contributed by atoms with Crippen molar-refractivity contribution in [3.8, 4) is 11.4 Å². The molecule has 0 saturated carbocycles. The van der Waals surface area contributed by atoms with E-state index in [0.29, 0.717) is 16.4 Å². The Labute approximate surface area is 189 Å². The molecule has 0 aliphatic heterocycles. The lowest BCUT2D eigenvalue weighted by Gasteiger charge is -2.00. The van der Waals surface area contributed by atoms with Gasteiger partial charge in [-0.3, -0.25) is 4.79 Å². The van der Waals surface area contributed by atoms with Crippen molar-refractivity contribution >= 4 is 45.7 Å². The Hall–Kier alpha value is -3.90. The fourth-order valence-electron chi connectivity index (χ4n) is 3.86. The topological polar surface area (TPSA) is 75.1 Å². The summed E-state index contributed by atoms with van der Waals surface area (Å²) in [4.78, 5) is 20.5. The first kappa shape index (κ1) is 20.0. The Morgan fingerprint density at radius 1 is 1.12 bits per heavy atom. The van der Waals surface area contributed by atoms with Crippen LogP contribution >= 0.6 is 11.6 Å². The lowest BCUT2D eigenvalue weighted by Crippen LogP contribution is -2.17. The largest absolute Gasteiger partial charge is 0.347 e. The SMILES string of the molecule is Cc1c(/C=N/NC(=O)c2ccc3nc(-c4ccccc4Cl)[nH]c3c2)c2ccccc2n1C. The molecule has 1 amide bonds. The number of halogens is 1. The summed E-state index contributed by atoms with van der Waals surface area (Å²) in [5.74, 6) is 0.363. The molecule has 7 heteroatoms. The molecule has 0 unspecified atom stereocenters. The van der Waals surface area contributed by atoms with Crippen molar-refractivity contribution in [1.82, 2.24) is 20.0 Å². The van der Waals surface area contributed by atoms with E-state index in [-0.39, 0.29) is 5.91 Å². The predicted octanol–water partition coefficient (Wildman–Crippen LogP) is 5.45. The molecule has 0 radical (unpaired) electrons. The van der Waals surface area contributed by atoms with Gasteiger partial charge in [0.05, 0.1) is 22.3 Å². The summed E-state index contributed by atoms with van der Waals surface area (Å²) in [5.41, 5.74) is 8.61. The maximum Gasteiger partial charge on any atom is 0.271 e. The van der Waals surface area contributed by atoms with Gasteiger partial charge in [0.1, 0.15) is 5.82 Å². The molecule has 32 heavy (non-hydrogen) atoms. The van der Waals surface area contributed by atoms with E-state index in [2.05, 4.69) is 31.1 Å². The summed E-state index contributed by atoms with van der Waals surface area (Å²) in [6.07, 6.45) is 1.69. The maximum absolute atomic E-state index is 12.7. The number of aryl methyl sites for hydroxylation is 1. The van der Waals surface area contributed by atoms with Gasteiger partial charge >= 0.3 is 0 Å². The average molecular weight is 442 g/mol. The van der Waals surface area contributed by atoms with Crippen LogP contribution in [0, 0.1) is 6.92 Å². The number of carbonyl (C=O) groups excluding carboxylic acids is 1. The van der Waals surface area contributed by atoms with Gasteiger partial charge in [-0.05, 0) is 43.3 Å². The van der Waals surface area contributed by atoms with Crippen LogP contribution in [0.1, 0.15) is 21.6 Å². The summed E-state index contributed by atoms with van der Waals surface area (Å²) in [5, 5.41) is 5.91. The van der Waals surface area contributed by atoms with Crippen molar-refractivity contribution in [2.45, 2.75) is 6.92 Å². The van der Waals surface area contributed by atoms with Gasteiger partial charge in [0.25, 0.3) is 5.91 Å². The summed E-state index contributed by atoms with van der Waals surface area (Å²) in [6, 6.07) is 20.9. The Morgan fingerprint density at radius 2 is 1.91 bits per heavy atom. The van der Waals surface area contributed by atoms with Crippen molar-refractivity contribution in [2.24, 2.45) is 12.1 Å². The molecule has 0 atom stereocenters. The molecule has 0 saturated heterocycles. The standard InChI is InChI=1S/C25H20ClN5O/c1-15-19(17-7-4-6-10-23(17)31(15)2)14-27-30-25(32)16-11-12-21-22(13-16)29-24(28-21)18-8-3-5-9-20(18)26/h3-14H,1-2H3,(H,28,29)(H,30,32)/b27-14+. The summed E-state index contributed by atoms with van der Waals surface area (Å²) < 4.78 is 2.11. The predicted molar refractivity (Wildman–Crippen MR) is 129 cm³/mol. The minimum Gasteiger partial charge on any atom is -0.347 e. The second-order valence-corrected chi connectivity index (χ2v) is 7.98. The minimum absolute atomic E-state index is 0.296. The van der Waals surface area contributed by atoms with Gasteiger partial charge in [-0.1, -0.05) is 41.9 Å². The highest BCUT2D eigenvalue weighted by atomic mass is 35.5. The van der Waals surface area contributed by atoms with Gasteiger partial charge in [0.15, 0.2) is 0 Å². The van der Waals surface area contributed by atoms with Crippen LogP contribution in [0.25, 0.3) is 33.3 Å². The van der Waals surface area contributed by atoms with Gasteiger partial charge in [0, 0.05) is 40.3 Å². The zero-order chi connectivity index (χ0) is 22.2. The van der Waals surface area contributed by atoms with Crippen LogP contribution < -0.4 is 5.43 Å². The molecule has 3 aromatic carbocycles. The van der Waals surface area contributed by atoms with E-state index in [0.717, 1.165) is 38.8 Å². The molecule has 2 N–H and O–H groups in total. The number of para-hydroxylation sites is 1. The Kier molecular flexibility index (Phi) is 4.99. The number of aromatic amines is 1. The second-order valence-electron chi connectivity index (χ2n) is 7.57. The fraction of sp³-hybridized carbons (Fsp3) is 0.0800. The number of hydrazone groups is 1. The summed E-state index contributed by atoms with van der Waals surface area (Å²) in [7, 11) is 2.02. The van der Waals surface area contributed by atoms with Crippen molar-refractivity contribution in [3.05, 3.63) is 88.6 Å². The van der Waals surface area contributed by atoms with Gasteiger partial charge in [0.2, 0.25) is 0 Å². The molecule has 0 aliphatic rings. The van der Waals surface area contributed by atoms with E-state index in [4.69, 9.17) is 11.6 Å². The van der Waals surface area contributed by atoms with E-state index in [9.17, 15) is 4.79 Å². The number of imidazole rings is 1. The zero-order valence-corrected chi connectivity index (χ0v) is 18.3. The fourth-order valence-corrected chi connectivity index (χ4v) is 4.09. The lowest BCUT2D eigenvalue weighted by atomic mass is 10.1. The molecule has 6 nitrogen and oxygen atoms in total. The monoisotopic (exact) mass is 441 g/mol. The Bertz CT molecular complexity index is 1510. The molecule has 158 valence electrons. The molecule has 5 aromatic rings. The number of amides is 1. The highest BCUT2D eigenvalue weighted by Gasteiger charge is 2.12. The van der Waals surface area contributed by atoms with E-state index in [1.165, 1.54) is 0 Å². The number of H-pyrrole nitrogens is 1. The summed E-state index contributed by atoms with van der Waals surface area (Å²) in [6.45, 7) is 2.03. The first-order valence-electron chi connectivity index (χ1n) is 10.1.